The molecule has 138 valence electrons. The van der Waals surface area contributed by atoms with Crippen LogP contribution in [-0.4, -0.2) is 52.3 Å². The molecule has 26 heavy (non-hydrogen) atoms. The molecule has 1 amide bonds. The number of ether oxygens (including phenoxy) is 2. The highest BCUT2D eigenvalue weighted by Gasteiger charge is 2.33. The first-order valence-electron chi connectivity index (χ1n) is 7.73. The van der Waals surface area contributed by atoms with Gasteiger partial charge in [-0.05, 0) is 12.1 Å². The lowest BCUT2D eigenvalue weighted by atomic mass is 10.2. The number of amides is 1. The maximum Gasteiger partial charge on any atom is 0.433 e. The van der Waals surface area contributed by atoms with E-state index in [0.29, 0.717) is 31.3 Å². The minimum absolute atomic E-state index is 0.0999. The summed E-state index contributed by atoms with van der Waals surface area (Å²) in [6, 6.07) is 5.13. The number of methoxy groups -OCH3 is 1. The fourth-order valence-electron chi connectivity index (χ4n) is 2.53. The average molecular weight is 368 g/mol. The van der Waals surface area contributed by atoms with Gasteiger partial charge in [0.25, 0.3) is 5.91 Å². The highest BCUT2D eigenvalue weighted by Crippen LogP contribution is 2.27. The van der Waals surface area contributed by atoms with Crippen molar-refractivity contribution >= 4 is 5.91 Å². The van der Waals surface area contributed by atoms with E-state index < -0.39 is 17.8 Å². The van der Waals surface area contributed by atoms with Gasteiger partial charge in [-0.1, -0.05) is 0 Å². The lowest BCUT2D eigenvalue weighted by Gasteiger charge is -2.17. The van der Waals surface area contributed by atoms with Gasteiger partial charge in [-0.25, -0.2) is 0 Å². The normalized spacial score (nSPS) is 17.2. The molecule has 0 saturated carbocycles. The summed E-state index contributed by atoms with van der Waals surface area (Å²) in [5, 5.41) is 7.65. The third-order valence-corrected chi connectivity index (χ3v) is 3.85. The highest BCUT2D eigenvalue weighted by atomic mass is 19.4. The summed E-state index contributed by atoms with van der Waals surface area (Å²) in [4.78, 5) is 17.2. The summed E-state index contributed by atoms with van der Waals surface area (Å²) < 4.78 is 48.2. The molecule has 0 N–H and O–H groups in total. The van der Waals surface area contributed by atoms with Crippen LogP contribution >= 0.6 is 0 Å². The third-order valence-electron chi connectivity index (χ3n) is 3.85. The number of pyridine rings is 1. The molecule has 2 aromatic heterocycles. The summed E-state index contributed by atoms with van der Waals surface area (Å²) in [5.74, 6) is 0.273. The fraction of sp³-hybridized carbons (Fsp3) is 0.375. The van der Waals surface area contributed by atoms with Gasteiger partial charge in [0.15, 0.2) is 0 Å². The predicted molar refractivity (Wildman–Crippen MR) is 82.8 cm³/mol. The molecular formula is C16H15F3N4O3. The first-order chi connectivity index (χ1) is 12.4. The van der Waals surface area contributed by atoms with Gasteiger partial charge in [0, 0.05) is 31.3 Å². The molecule has 0 radical (unpaired) electrons. The largest absolute Gasteiger partial charge is 0.480 e. The topological polar surface area (TPSA) is 77.4 Å². The van der Waals surface area contributed by atoms with E-state index in [0.717, 1.165) is 18.3 Å². The second-order valence-electron chi connectivity index (χ2n) is 5.62. The zero-order chi connectivity index (χ0) is 18.7. The van der Waals surface area contributed by atoms with Crippen molar-refractivity contribution in [3.05, 3.63) is 41.7 Å². The number of likely N-dealkylation sites (tertiary alicyclic amines) is 1. The number of carbonyl (C=O) groups excluding carboxylic acids is 1. The molecule has 0 bridgehead atoms. The van der Waals surface area contributed by atoms with Gasteiger partial charge in [0.2, 0.25) is 11.8 Å². The molecule has 10 heteroatoms. The van der Waals surface area contributed by atoms with Gasteiger partial charge >= 0.3 is 6.18 Å². The molecule has 1 fully saturated rings. The maximum atomic E-state index is 12.5. The number of carbonyl (C=O) groups is 1. The number of rotatable bonds is 4. The Labute approximate surface area is 146 Å². The minimum atomic E-state index is -4.53. The van der Waals surface area contributed by atoms with E-state index in [-0.39, 0.29) is 11.7 Å². The number of hydrogen-bond donors (Lipinski definition) is 0. The van der Waals surface area contributed by atoms with E-state index in [1.165, 1.54) is 12.0 Å². The molecule has 1 atom stereocenters. The summed E-state index contributed by atoms with van der Waals surface area (Å²) in [6.45, 7) is 0.724. The van der Waals surface area contributed by atoms with E-state index in [1.807, 2.05) is 0 Å². The van der Waals surface area contributed by atoms with Crippen LogP contribution in [-0.2, 0) is 6.18 Å². The molecule has 1 aliphatic rings. The van der Waals surface area contributed by atoms with Crippen molar-refractivity contribution in [2.24, 2.45) is 0 Å². The highest BCUT2D eigenvalue weighted by molar-refractivity contribution is 5.94. The molecule has 0 aromatic carbocycles. The van der Waals surface area contributed by atoms with Crippen LogP contribution in [0.25, 0.3) is 0 Å². The SMILES string of the molecule is COc1ccc(OC2CCN(C(=O)c3ccc(C(F)(F)F)nc3)C2)nn1. The number of hydrogen-bond acceptors (Lipinski definition) is 6. The van der Waals surface area contributed by atoms with Gasteiger partial charge in [-0.2, -0.15) is 13.2 Å². The lowest BCUT2D eigenvalue weighted by molar-refractivity contribution is -0.141. The number of alkyl halides is 3. The second kappa shape index (κ2) is 7.14. The Morgan fingerprint density at radius 1 is 1.19 bits per heavy atom. The van der Waals surface area contributed by atoms with Gasteiger partial charge in [-0.15, -0.1) is 10.2 Å². The lowest BCUT2D eigenvalue weighted by Crippen LogP contribution is -2.31. The van der Waals surface area contributed by atoms with Crippen LogP contribution in [0.1, 0.15) is 22.5 Å². The number of aromatic nitrogens is 3. The van der Waals surface area contributed by atoms with Crippen molar-refractivity contribution in [3.63, 3.8) is 0 Å². The molecule has 1 unspecified atom stereocenters. The van der Waals surface area contributed by atoms with Gasteiger partial charge in [0.1, 0.15) is 11.8 Å². The maximum absolute atomic E-state index is 12.5. The Balaban J connectivity index is 1.59. The van der Waals surface area contributed by atoms with Crippen LogP contribution in [0.4, 0.5) is 13.2 Å². The summed E-state index contributed by atoms with van der Waals surface area (Å²) in [6.07, 6.45) is -3.29. The van der Waals surface area contributed by atoms with Crippen molar-refractivity contribution < 1.29 is 27.4 Å². The van der Waals surface area contributed by atoms with E-state index in [1.54, 1.807) is 12.1 Å². The van der Waals surface area contributed by atoms with Gasteiger partial charge < -0.3 is 14.4 Å². The monoisotopic (exact) mass is 368 g/mol. The van der Waals surface area contributed by atoms with E-state index >= 15 is 0 Å². The third kappa shape index (κ3) is 4.01. The Morgan fingerprint density at radius 3 is 2.50 bits per heavy atom. The minimum Gasteiger partial charge on any atom is -0.480 e. The van der Waals surface area contributed by atoms with E-state index in [2.05, 4.69) is 15.2 Å². The van der Waals surface area contributed by atoms with Crippen molar-refractivity contribution in [1.29, 1.82) is 0 Å². The molecule has 3 heterocycles. The quantitative estimate of drug-likeness (QED) is 0.823. The Bertz CT molecular complexity index is 766. The summed E-state index contributed by atoms with van der Waals surface area (Å²) in [5.41, 5.74) is -0.933. The second-order valence-corrected chi connectivity index (χ2v) is 5.62. The van der Waals surface area contributed by atoms with Crippen LogP contribution in [0.15, 0.2) is 30.5 Å². The standard InChI is InChI=1S/C16H15F3N4O3/c1-25-13-4-5-14(22-21-13)26-11-6-7-23(9-11)15(24)10-2-3-12(20-8-10)16(17,18)19/h2-5,8,11H,6-7,9H2,1H3. The Morgan fingerprint density at radius 2 is 1.92 bits per heavy atom. The molecule has 0 aliphatic carbocycles. The average Bonchev–Trinajstić information content (AvgIpc) is 3.09. The zero-order valence-electron chi connectivity index (χ0n) is 13.7. The predicted octanol–water partition coefficient (Wildman–Crippen LogP) is 2.19. The van der Waals surface area contributed by atoms with E-state index in [9.17, 15) is 18.0 Å². The Kier molecular flexibility index (Phi) is 4.92. The smallest absolute Gasteiger partial charge is 0.433 e. The summed E-state index contributed by atoms with van der Waals surface area (Å²) in [7, 11) is 1.47. The van der Waals surface area contributed by atoms with Crippen LogP contribution in [0.5, 0.6) is 11.8 Å². The van der Waals surface area contributed by atoms with Gasteiger partial charge in [0.05, 0.1) is 19.2 Å². The van der Waals surface area contributed by atoms with Crippen LogP contribution in [0.2, 0.25) is 0 Å². The molecule has 0 spiro atoms. The van der Waals surface area contributed by atoms with Crippen molar-refractivity contribution in [2.45, 2.75) is 18.7 Å². The number of nitrogens with zero attached hydrogens (tertiary/aromatic N) is 4. The van der Waals surface area contributed by atoms with Crippen molar-refractivity contribution in [1.82, 2.24) is 20.1 Å². The fourth-order valence-corrected chi connectivity index (χ4v) is 2.53. The molecule has 1 aliphatic heterocycles. The first kappa shape index (κ1) is 17.9. The Hall–Kier alpha value is -2.91. The molecule has 2 aromatic rings. The summed E-state index contributed by atoms with van der Waals surface area (Å²) >= 11 is 0. The van der Waals surface area contributed by atoms with Crippen LogP contribution in [0.3, 0.4) is 0 Å². The molecular weight excluding hydrogens is 353 g/mol. The van der Waals surface area contributed by atoms with Crippen LogP contribution < -0.4 is 9.47 Å². The molecule has 1 saturated heterocycles. The van der Waals surface area contributed by atoms with E-state index in [4.69, 9.17) is 9.47 Å². The van der Waals surface area contributed by atoms with Crippen molar-refractivity contribution in [2.75, 3.05) is 20.2 Å². The molecule has 7 nitrogen and oxygen atoms in total. The molecule has 3 rings (SSSR count). The van der Waals surface area contributed by atoms with Crippen LogP contribution in [0, 0.1) is 0 Å². The van der Waals surface area contributed by atoms with Crippen molar-refractivity contribution in [3.8, 4) is 11.8 Å². The number of halogens is 3. The van der Waals surface area contributed by atoms with Gasteiger partial charge in [-0.3, -0.25) is 9.78 Å². The zero-order valence-corrected chi connectivity index (χ0v) is 13.7. The first-order valence-corrected chi connectivity index (χ1v) is 7.73.